The van der Waals surface area contributed by atoms with Crippen molar-refractivity contribution in [3.63, 3.8) is 0 Å². The number of allylic oxidation sites excluding steroid dienone is 1. The third-order valence-corrected chi connectivity index (χ3v) is 3.20. The molecule has 1 aromatic heterocycles. The van der Waals surface area contributed by atoms with Crippen LogP contribution in [-0.4, -0.2) is 29.2 Å². The number of benzene rings is 1. The molecule has 4 nitrogen and oxygen atoms in total. The number of hydrogen-bond acceptors (Lipinski definition) is 3. The maximum absolute atomic E-state index is 5.75. The Morgan fingerprint density at radius 1 is 1.43 bits per heavy atom. The first kappa shape index (κ1) is 15.6. The molecule has 2 rings (SSSR count). The van der Waals surface area contributed by atoms with E-state index in [1.54, 1.807) is 0 Å². The molecule has 0 spiro atoms. The normalized spacial score (nSPS) is 11.3. The molecule has 114 valence electrons. The summed E-state index contributed by atoms with van der Waals surface area (Å²) in [6.45, 7) is 11.8. The molecule has 2 aromatic rings. The van der Waals surface area contributed by atoms with Gasteiger partial charge in [0.05, 0.1) is 17.1 Å². The first-order valence-corrected chi connectivity index (χ1v) is 7.46. The van der Waals surface area contributed by atoms with Gasteiger partial charge in [-0.1, -0.05) is 12.2 Å². The van der Waals surface area contributed by atoms with Crippen LogP contribution in [0.5, 0.6) is 5.75 Å². The van der Waals surface area contributed by atoms with Gasteiger partial charge in [0.1, 0.15) is 11.6 Å². The highest BCUT2D eigenvalue weighted by Gasteiger charge is 2.11. The molecule has 0 atom stereocenters. The molecule has 0 saturated carbocycles. The number of hydrogen-bond donors (Lipinski definition) is 1. The molecule has 1 aromatic carbocycles. The molecule has 0 fully saturated rings. The van der Waals surface area contributed by atoms with E-state index in [4.69, 9.17) is 9.72 Å². The lowest BCUT2D eigenvalue weighted by Crippen LogP contribution is -2.14. The zero-order valence-electron chi connectivity index (χ0n) is 13.4. The zero-order valence-corrected chi connectivity index (χ0v) is 13.4. The summed E-state index contributed by atoms with van der Waals surface area (Å²) in [6, 6.07) is 6.12. The Bertz CT molecular complexity index is 628. The average molecular weight is 287 g/mol. The minimum absolute atomic E-state index is 0.170. The molecule has 0 radical (unpaired) electrons. The zero-order chi connectivity index (χ0) is 15.4. The van der Waals surface area contributed by atoms with Crippen LogP contribution in [0.2, 0.25) is 0 Å². The molecule has 0 aliphatic heterocycles. The minimum atomic E-state index is 0.170. The third kappa shape index (κ3) is 3.85. The van der Waals surface area contributed by atoms with Crippen LogP contribution in [-0.2, 0) is 13.0 Å². The van der Waals surface area contributed by atoms with E-state index in [1.165, 1.54) is 0 Å². The van der Waals surface area contributed by atoms with E-state index >= 15 is 0 Å². The predicted molar refractivity (Wildman–Crippen MR) is 87.9 cm³/mol. The van der Waals surface area contributed by atoms with Gasteiger partial charge >= 0.3 is 0 Å². The quantitative estimate of drug-likeness (QED) is 0.795. The summed E-state index contributed by atoms with van der Waals surface area (Å²) in [6.07, 6.45) is 1.07. The van der Waals surface area contributed by atoms with Crippen molar-refractivity contribution in [2.45, 2.75) is 39.8 Å². The summed E-state index contributed by atoms with van der Waals surface area (Å²) in [7, 11) is 1.96. The van der Waals surface area contributed by atoms with Crippen molar-refractivity contribution in [3.05, 3.63) is 36.2 Å². The summed E-state index contributed by atoms with van der Waals surface area (Å²) in [5, 5.41) is 3.18. The van der Waals surface area contributed by atoms with Gasteiger partial charge in [0.15, 0.2) is 0 Å². The maximum Gasteiger partial charge on any atom is 0.121 e. The number of fused-ring (bicyclic) bond motifs is 1. The van der Waals surface area contributed by atoms with E-state index in [2.05, 4.69) is 22.5 Å². The van der Waals surface area contributed by atoms with Gasteiger partial charge in [-0.15, -0.1) is 0 Å². The lowest BCUT2D eigenvalue weighted by Gasteiger charge is -2.10. The van der Waals surface area contributed by atoms with Crippen LogP contribution in [0, 0.1) is 0 Å². The summed E-state index contributed by atoms with van der Waals surface area (Å²) >= 11 is 0. The lowest BCUT2D eigenvalue weighted by molar-refractivity contribution is 0.242. The standard InChI is InChI=1S/C17H25N3O/c1-12(2)11-20-16-7-6-14(21-13(3)4)10-15(16)19-17(20)8-9-18-5/h6-7,10,13,18H,1,8-9,11H2,2-5H3. The second-order valence-electron chi connectivity index (χ2n) is 5.74. The van der Waals surface area contributed by atoms with E-state index in [0.717, 1.165) is 47.7 Å². The second kappa shape index (κ2) is 6.76. The summed E-state index contributed by atoms with van der Waals surface area (Å²) < 4.78 is 8.00. The Balaban J connectivity index is 2.42. The molecule has 1 N–H and O–H groups in total. The monoisotopic (exact) mass is 287 g/mol. The van der Waals surface area contributed by atoms with Gasteiger partial charge < -0.3 is 14.6 Å². The van der Waals surface area contributed by atoms with E-state index in [0.29, 0.717) is 0 Å². The smallest absolute Gasteiger partial charge is 0.121 e. The Hall–Kier alpha value is -1.81. The first-order valence-electron chi connectivity index (χ1n) is 7.46. The van der Waals surface area contributed by atoms with Crippen LogP contribution < -0.4 is 10.1 Å². The number of nitrogens with one attached hydrogen (secondary N) is 1. The number of likely N-dealkylation sites (N-methyl/N-ethyl adjacent to an activating group) is 1. The highest BCUT2D eigenvalue weighted by Crippen LogP contribution is 2.23. The molecule has 0 saturated heterocycles. The fourth-order valence-corrected chi connectivity index (χ4v) is 2.38. The molecule has 1 heterocycles. The predicted octanol–water partition coefficient (Wildman–Crippen LogP) is 3.16. The van der Waals surface area contributed by atoms with E-state index in [1.807, 2.05) is 40.0 Å². The van der Waals surface area contributed by atoms with Gasteiger partial charge in [-0.05, 0) is 40.0 Å². The number of ether oxygens (including phenoxy) is 1. The molecular weight excluding hydrogens is 262 g/mol. The second-order valence-corrected chi connectivity index (χ2v) is 5.74. The highest BCUT2D eigenvalue weighted by molar-refractivity contribution is 5.78. The van der Waals surface area contributed by atoms with E-state index in [9.17, 15) is 0 Å². The first-order chi connectivity index (χ1) is 10.0. The fourth-order valence-electron chi connectivity index (χ4n) is 2.38. The largest absolute Gasteiger partial charge is 0.491 e. The van der Waals surface area contributed by atoms with Gasteiger partial charge in [-0.2, -0.15) is 0 Å². The summed E-state index contributed by atoms with van der Waals surface area (Å²) in [4.78, 5) is 4.77. The van der Waals surface area contributed by atoms with Crippen molar-refractivity contribution in [2.24, 2.45) is 0 Å². The van der Waals surface area contributed by atoms with Crippen LogP contribution in [0.1, 0.15) is 26.6 Å². The SMILES string of the molecule is C=C(C)Cn1c(CCNC)nc2cc(OC(C)C)ccc21. The van der Waals surface area contributed by atoms with Crippen molar-refractivity contribution in [3.8, 4) is 5.75 Å². The van der Waals surface area contributed by atoms with Crippen molar-refractivity contribution in [1.82, 2.24) is 14.9 Å². The molecule has 4 heteroatoms. The average Bonchev–Trinajstić information content (AvgIpc) is 2.72. The molecule has 0 unspecified atom stereocenters. The number of rotatable bonds is 7. The number of aromatic nitrogens is 2. The molecule has 0 amide bonds. The van der Waals surface area contributed by atoms with Crippen LogP contribution in [0.3, 0.4) is 0 Å². The van der Waals surface area contributed by atoms with Crippen LogP contribution >= 0.6 is 0 Å². The molecule has 0 aliphatic rings. The van der Waals surface area contributed by atoms with Gasteiger partial charge in [-0.3, -0.25) is 0 Å². The van der Waals surface area contributed by atoms with Crippen molar-refractivity contribution < 1.29 is 4.74 Å². The molecular formula is C17H25N3O. The Labute approximate surface area is 126 Å². The van der Waals surface area contributed by atoms with Crippen LogP contribution in [0.15, 0.2) is 30.4 Å². The van der Waals surface area contributed by atoms with Crippen molar-refractivity contribution >= 4 is 11.0 Å². The van der Waals surface area contributed by atoms with Gasteiger partial charge in [0.25, 0.3) is 0 Å². The number of imidazole rings is 1. The lowest BCUT2D eigenvalue weighted by atomic mass is 10.2. The highest BCUT2D eigenvalue weighted by atomic mass is 16.5. The van der Waals surface area contributed by atoms with E-state index < -0.39 is 0 Å². The topological polar surface area (TPSA) is 39.1 Å². The molecule has 0 bridgehead atoms. The van der Waals surface area contributed by atoms with Gasteiger partial charge in [-0.25, -0.2) is 4.98 Å². The van der Waals surface area contributed by atoms with Crippen LogP contribution in [0.4, 0.5) is 0 Å². The summed E-state index contributed by atoms with van der Waals surface area (Å²) in [5.74, 6) is 1.96. The van der Waals surface area contributed by atoms with Gasteiger partial charge in [0.2, 0.25) is 0 Å². The minimum Gasteiger partial charge on any atom is -0.491 e. The fraction of sp³-hybridized carbons (Fsp3) is 0.471. The summed E-state index contributed by atoms with van der Waals surface area (Å²) in [5.41, 5.74) is 3.25. The Morgan fingerprint density at radius 2 is 2.19 bits per heavy atom. The van der Waals surface area contributed by atoms with Crippen molar-refractivity contribution in [2.75, 3.05) is 13.6 Å². The Kier molecular flexibility index (Phi) is 5.02. The van der Waals surface area contributed by atoms with Gasteiger partial charge in [0, 0.05) is 25.6 Å². The van der Waals surface area contributed by atoms with E-state index in [-0.39, 0.29) is 6.10 Å². The molecule has 21 heavy (non-hydrogen) atoms. The Morgan fingerprint density at radius 3 is 2.81 bits per heavy atom. The van der Waals surface area contributed by atoms with Crippen LogP contribution in [0.25, 0.3) is 11.0 Å². The maximum atomic E-state index is 5.75. The molecule has 0 aliphatic carbocycles. The third-order valence-electron chi connectivity index (χ3n) is 3.20. The number of nitrogens with zero attached hydrogens (tertiary/aromatic N) is 2. The van der Waals surface area contributed by atoms with Crippen molar-refractivity contribution in [1.29, 1.82) is 0 Å².